The molecule has 0 saturated heterocycles. The van der Waals surface area contributed by atoms with E-state index < -0.39 is 0 Å². The van der Waals surface area contributed by atoms with Crippen LogP contribution >= 0.6 is 23.1 Å². The molecule has 0 N–H and O–H groups in total. The van der Waals surface area contributed by atoms with Gasteiger partial charge in [0.1, 0.15) is 5.75 Å². The van der Waals surface area contributed by atoms with Gasteiger partial charge < -0.3 is 4.74 Å². The average Bonchev–Trinajstić information content (AvgIpc) is 3.39. The first-order valence-electron chi connectivity index (χ1n) is 8.65. The number of ether oxygens (including phenoxy) is 1. The number of rotatable bonds is 7. The van der Waals surface area contributed by atoms with Crippen LogP contribution in [0.3, 0.4) is 0 Å². The second-order valence-corrected chi connectivity index (χ2v) is 7.91. The van der Waals surface area contributed by atoms with Gasteiger partial charge in [-0.2, -0.15) is 0 Å². The standard InChI is InChI=1S/C21H19N3OS2/c1-25-18-11-9-17(10-12-18)24-20(19-8-5-14-26-19)22-23-21(24)27-15-13-16-6-3-2-4-7-16/h2-12,14H,13,15H2,1H3. The van der Waals surface area contributed by atoms with Crippen LogP contribution < -0.4 is 4.74 Å². The number of hydrogen-bond donors (Lipinski definition) is 0. The van der Waals surface area contributed by atoms with Crippen LogP contribution in [0.25, 0.3) is 16.4 Å². The molecule has 4 aromatic rings. The number of thiophene rings is 1. The zero-order valence-electron chi connectivity index (χ0n) is 14.9. The van der Waals surface area contributed by atoms with Gasteiger partial charge in [0.15, 0.2) is 11.0 Å². The molecule has 0 bridgehead atoms. The van der Waals surface area contributed by atoms with Crippen molar-refractivity contribution in [3.05, 3.63) is 77.7 Å². The highest BCUT2D eigenvalue weighted by atomic mass is 32.2. The van der Waals surface area contributed by atoms with E-state index in [4.69, 9.17) is 4.74 Å². The Morgan fingerprint density at radius 3 is 2.48 bits per heavy atom. The highest BCUT2D eigenvalue weighted by molar-refractivity contribution is 7.99. The summed E-state index contributed by atoms with van der Waals surface area (Å²) in [6.45, 7) is 0. The maximum Gasteiger partial charge on any atom is 0.196 e. The van der Waals surface area contributed by atoms with E-state index in [0.717, 1.165) is 39.5 Å². The lowest BCUT2D eigenvalue weighted by molar-refractivity contribution is 0.414. The second-order valence-electron chi connectivity index (χ2n) is 5.90. The molecule has 27 heavy (non-hydrogen) atoms. The number of nitrogens with zero attached hydrogens (tertiary/aromatic N) is 3. The molecule has 0 unspecified atom stereocenters. The smallest absolute Gasteiger partial charge is 0.196 e. The minimum absolute atomic E-state index is 0.836. The van der Waals surface area contributed by atoms with Gasteiger partial charge in [-0.05, 0) is 47.7 Å². The third kappa shape index (κ3) is 4.07. The fraction of sp³-hybridized carbons (Fsp3) is 0.143. The second kappa shape index (κ2) is 8.41. The van der Waals surface area contributed by atoms with Crippen LogP contribution in [0.15, 0.2) is 77.3 Å². The lowest BCUT2D eigenvalue weighted by Crippen LogP contribution is -2.00. The van der Waals surface area contributed by atoms with E-state index in [1.165, 1.54) is 5.56 Å². The van der Waals surface area contributed by atoms with Crippen LogP contribution in [0.1, 0.15) is 5.56 Å². The van der Waals surface area contributed by atoms with Crippen molar-refractivity contribution in [1.82, 2.24) is 14.8 Å². The lowest BCUT2D eigenvalue weighted by Gasteiger charge is -2.10. The Hall–Kier alpha value is -2.57. The van der Waals surface area contributed by atoms with Crippen molar-refractivity contribution in [3.8, 4) is 22.1 Å². The fourth-order valence-electron chi connectivity index (χ4n) is 2.80. The van der Waals surface area contributed by atoms with Gasteiger partial charge in [-0.15, -0.1) is 21.5 Å². The molecule has 0 amide bonds. The van der Waals surface area contributed by atoms with E-state index in [2.05, 4.69) is 50.5 Å². The molecule has 2 aromatic heterocycles. The molecule has 2 aromatic carbocycles. The van der Waals surface area contributed by atoms with Gasteiger partial charge in [0.2, 0.25) is 0 Å². The van der Waals surface area contributed by atoms with Gasteiger partial charge in [-0.25, -0.2) is 0 Å². The summed E-state index contributed by atoms with van der Waals surface area (Å²) >= 11 is 3.40. The summed E-state index contributed by atoms with van der Waals surface area (Å²) in [5, 5.41) is 11.9. The first kappa shape index (κ1) is 17.8. The van der Waals surface area contributed by atoms with Crippen LogP contribution in [0, 0.1) is 0 Å². The molecule has 0 aliphatic carbocycles. The molecule has 0 radical (unpaired) electrons. The van der Waals surface area contributed by atoms with Gasteiger partial charge in [-0.3, -0.25) is 4.57 Å². The number of aryl methyl sites for hydroxylation is 1. The third-order valence-corrected chi connectivity index (χ3v) is 5.97. The molecule has 0 fully saturated rings. The topological polar surface area (TPSA) is 39.9 Å². The summed E-state index contributed by atoms with van der Waals surface area (Å²) in [5.41, 5.74) is 2.37. The molecule has 136 valence electrons. The summed E-state index contributed by atoms with van der Waals surface area (Å²) in [6.07, 6.45) is 0.995. The van der Waals surface area contributed by atoms with Crippen molar-refractivity contribution >= 4 is 23.1 Å². The number of thioether (sulfide) groups is 1. The zero-order valence-corrected chi connectivity index (χ0v) is 16.5. The SMILES string of the molecule is COc1ccc(-n2c(SCCc3ccccc3)nnc2-c2cccs2)cc1. The number of benzene rings is 2. The maximum atomic E-state index is 5.29. The predicted molar refractivity (Wildman–Crippen MR) is 112 cm³/mol. The number of aromatic nitrogens is 3. The third-order valence-electron chi connectivity index (χ3n) is 4.17. The zero-order chi connectivity index (χ0) is 18.5. The van der Waals surface area contributed by atoms with Crippen molar-refractivity contribution < 1.29 is 4.74 Å². The normalized spacial score (nSPS) is 10.9. The van der Waals surface area contributed by atoms with Crippen LogP contribution in [0.2, 0.25) is 0 Å². The van der Waals surface area contributed by atoms with Crippen molar-refractivity contribution in [2.45, 2.75) is 11.6 Å². The highest BCUT2D eigenvalue weighted by Gasteiger charge is 2.16. The Morgan fingerprint density at radius 2 is 1.78 bits per heavy atom. The molecule has 2 heterocycles. The van der Waals surface area contributed by atoms with E-state index >= 15 is 0 Å². The molecule has 0 spiro atoms. The molecule has 0 aliphatic heterocycles. The van der Waals surface area contributed by atoms with E-state index in [1.54, 1.807) is 30.2 Å². The van der Waals surface area contributed by atoms with Gasteiger partial charge >= 0.3 is 0 Å². The molecule has 4 nitrogen and oxygen atoms in total. The van der Waals surface area contributed by atoms with Crippen LogP contribution in [-0.4, -0.2) is 27.6 Å². The Balaban J connectivity index is 1.62. The first-order valence-corrected chi connectivity index (χ1v) is 10.5. The average molecular weight is 394 g/mol. The summed E-state index contributed by atoms with van der Waals surface area (Å²) in [5.74, 6) is 2.66. The van der Waals surface area contributed by atoms with E-state index in [9.17, 15) is 0 Å². The number of methoxy groups -OCH3 is 1. The van der Waals surface area contributed by atoms with Crippen LogP contribution in [0.4, 0.5) is 0 Å². The van der Waals surface area contributed by atoms with Gasteiger partial charge in [0.05, 0.1) is 17.7 Å². The first-order chi connectivity index (χ1) is 13.3. The minimum Gasteiger partial charge on any atom is -0.497 e. The highest BCUT2D eigenvalue weighted by Crippen LogP contribution is 2.31. The molecule has 6 heteroatoms. The largest absolute Gasteiger partial charge is 0.497 e. The Labute approximate surface area is 166 Å². The molecule has 0 aliphatic rings. The molecule has 0 atom stereocenters. The summed E-state index contributed by atoms with van der Waals surface area (Å²) in [6, 6.07) is 22.6. The Morgan fingerprint density at radius 1 is 0.963 bits per heavy atom. The van der Waals surface area contributed by atoms with Crippen LogP contribution in [-0.2, 0) is 6.42 Å². The van der Waals surface area contributed by atoms with Crippen LogP contribution in [0.5, 0.6) is 5.75 Å². The lowest BCUT2D eigenvalue weighted by atomic mass is 10.2. The van der Waals surface area contributed by atoms with Gasteiger partial charge in [-0.1, -0.05) is 48.2 Å². The Kier molecular flexibility index (Phi) is 5.55. The molecular formula is C21H19N3OS2. The monoisotopic (exact) mass is 393 g/mol. The summed E-state index contributed by atoms with van der Waals surface area (Å²) in [4.78, 5) is 1.10. The molecule has 4 rings (SSSR count). The van der Waals surface area contributed by atoms with Crippen molar-refractivity contribution in [3.63, 3.8) is 0 Å². The van der Waals surface area contributed by atoms with E-state index in [1.807, 2.05) is 36.4 Å². The predicted octanol–water partition coefficient (Wildman–Crippen LogP) is 5.34. The van der Waals surface area contributed by atoms with E-state index in [-0.39, 0.29) is 0 Å². The van der Waals surface area contributed by atoms with Gasteiger partial charge in [0, 0.05) is 5.75 Å². The van der Waals surface area contributed by atoms with Crippen molar-refractivity contribution in [2.75, 3.05) is 12.9 Å². The summed E-state index contributed by atoms with van der Waals surface area (Å²) in [7, 11) is 1.68. The summed E-state index contributed by atoms with van der Waals surface area (Å²) < 4.78 is 7.42. The fourth-order valence-corrected chi connectivity index (χ4v) is 4.44. The van der Waals surface area contributed by atoms with Crippen molar-refractivity contribution in [1.29, 1.82) is 0 Å². The maximum absolute atomic E-state index is 5.29. The number of hydrogen-bond acceptors (Lipinski definition) is 5. The molecule has 0 saturated carbocycles. The van der Waals surface area contributed by atoms with E-state index in [0.29, 0.717) is 0 Å². The van der Waals surface area contributed by atoms with Gasteiger partial charge in [0.25, 0.3) is 0 Å². The van der Waals surface area contributed by atoms with Crippen molar-refractivity contribution in [2.24, 2.45) is 0 Å². The Bertz CT molecular complexity index is 980. The molecular weight excluding hydrogens is 374 g/mol. The minimum atomic E-state index is 0.836. The quantitative estimate of drug-likeness (QED) is 0.397.